The van der Waals surface area contributed by atoms with Gasteiger partial charge in [-0.15, -0.1) is 0 Å². The Bertz CT molecular complexity index is 542. The van der Waals surface area contributed by atoms with Gasteiger partial charge in [0.25, 0.3) is 5.91 Å². The molecular formula is C14H16N2O4. The predicted molar refractivity (Wildman–Crippen MR) is 72.6 cm³/mol. The molecule has 0 aromatic heterocycles. The topological polar surface area (TPSA) is 86.7 Å². The summed E-state index contributed by atoms with van der Waals surface area (Å²) in [5.41, 5.74) is 1.13. The third-order valence-corrected chi connectivity index (χ3v) is 3.12. The summed E-state index contributed by atoms with van der Waals surface area (Å²) in [6, 6.07) is 6.80. The van der Waals surface area contributed by atoms with Crippen molar-refractivity contribution >= 4 is 23.5 Å². The fourth-order valence-corrected chi connectivity index (χ4v) is 2.12. The number of benzene rings is 1. The molecule has 1 aromatic carbocycles. The second-order valence-corrected chi connectivity index (χ2v) is 4.60. The smallest absolute Gasteiger partial charge is 0.305 e. The molecule has 2 rings (SSSR count). The summed E-state index contributed by atoms with van der Waals surface area (Å²) in [5.74, 6) is -1.23. The molecule has 1 heterocycles. The van der Waals surface area contributed by atoms with Crippen molar-refractivity contribution in [3.8, 4) is 0 Å². The van der Waals surface area contributed by atoms with Crippen LogP contribution in [0.4, 0.5) is 5.69 Å². The lowest BCUT2D eigenvalue weighted by Gasteiger charge is -2.16. The molecule has 2 amide bonds. The van der Waals surface area contributed by atoms with E-state index < -0.39 is 5.97 Å². The van der Waals surface area contributed by atoms with Crippen LogP contribution in [0.25, 0.3) is 0 Å². The fraction of sp³-hybridized carbons (Fsp3) is 0.357. The first-order chi connectivity index (χ1) is 9.58. The van der Waals surface area contributed by atoms with E-state index in [4.69, 9.17) is 5.11 Å². The van der Waals surface area contributed by atoms with Crippen molar-refractivity contribution in [2.45, 2.75) is 19.3 Å². The van der Waals surface area contributed by atoms with Crippen LogP contribution in [0.2, 0.25) is 0 Å². The normalized spacial score (nSPS) is 14.4. The minimum atomic E-state index is -0.957. The standard InChI is InChI=1S/C14H16N2O4/c17-12-5-2-8-16(12)11-4-1-3-10(9-11)14(20)15-7-6-13(18)19/h1,3-4,9H,2,5-8H2,(H,15,20)(H,18,19). The molecule has 20 heavy (non-hydrogen) atoms. The molecular weight excluding hydrogens is 260 g/mol. The van der Waals surface area contributed by atoms with Crippen LogP contribution in [-0.2, 0) is 9.59 Å². The molecule has 1 aromatic rings. The summed E-state index contributed by atoms with van der Waals surface area (Å²) < 4.78 is 0. The molecule has 106 valence electrons. The highest BCUT2D eigenvalue weighted by Gasteiger charge is 2.22. The van der Waals surface area contributed by atoms with Crippen LogP contribution < -0.4 is 10.2 Å². The highest BCUT2D eigenvalue weighted by Crippen LogP contribution is 2.22. The van der Waals surface area contributed by atoms with Crippen molar-refractivity contribution in [1.82, 2.24) is 5.32 Å². The molecule has 0 atom stereocenters. The molecule has 1 aliphatic heterocycles. The van der Waals surface area contributed by atoms with Crippen LogP contribution in [0.1, 0.15) is 29.6 Å². The van der Waals surface area contributed by atoms with Gasteiger partial charge in [0.2, 0.25) is 5.91 Å². The van der Waals surface area contributed by atoms with E-state index in [1.54, 1.807) is 29.2 Å². The number of nitrogens with one attached hydrogen (secondary N) is 1. The van der Waals surface area contributed by atoms with Gasteiger partial charge in [-0.1, -0.05) is 6.07 Å². The lowest BCUT2D eigenvalue weighted by atomic mass is 10.1. The van der Waals surface area contributed by atoms with Crippen molar-refractivity contribution in [2.24, 2.45) is 0 Å². The van der Waals surface area contributed by atoms with Crippen LogP contribution in [0.15, 0.2) is 24.3 Å². The minimum Gasteiger partial charge on any atom is -0.481 e. The predicted octanol–water partition coefficient (Wildman–Crippen LogP) is 1.02. The monoisotopic (exact) mass is 276 g/mol. The van der Waals surface area contributed by atoms with Crippen LogP contribution in [-0.4, -0.2) is 36.0 Å². The minimum absolute atomic E-state index is 0.0634. The van der Waals surface area contributed by atoms with E-state index in [1.807, 2.05) is 0 Å². The van der Waals surface area contributed by atoms with Gasteiger partial charge >= 0.3 is 5.97 Å². The molecule has 6 heteroatoms. The number of rotatable bonds is 5. The maximum absolute atomic E-state index is 11.9. The molecule has 0 spiro atoms. The van der Waals surface area contributed by atoms with Gasteiger partial charge in [-0.2, -0.15) is 0 Å². The Balaban J connectivity index is 2.03. The van der Waals surface area contributed by atoms with E-state index in [0.29, 0.717) is 24.2 Å². The Labute approximate surface area is 116 Å². The lowest BCUT2D eigenvalue weighted by molar-refractivity contribution is -0.136. The van der Waals surface area contributed by atoms with Crippen molar-refractivity contribution in [1.29, 1.82) is 0 Å². The van der Waals surface area contributed by atoms with Gasteiger partial charge in [-0.05, 0) is 24.6 Å². The number of carboxylic acid groups (broad SMARTS) is 1. The number of amides is 2. The number of anilines is 1. The zero-order valence-corrected chi connectivity index (χ0v) is 11.0. The Kier molecular flexibility index (Phi) is 4.34. The van der Waals surface area contributed by atoms with Gasteiger partial charge in [0.1, 0.15) is 0 Å². The number of nitrogens with zero attached hydrogens (tertiary/aromatic N) is 1. The third kappa shape index (κ3) is 3.34. The molecule has 1 saturated heterocycles. The third-order valence-electron chi connectivity index (χ3n) is 3.12. The Morgan fingerprint density at radius 1 is 1.35 bits per heavy atom. The zero-order chi connectivity index (χ0) is 14.5. The van der Waals surface area contributed by atoms with Gasteiger partial charge in [-0.25, -0.2) is 0 Å². The van der Waals surface area contributed by atoms with Crippen LogP contribution in [0, 0.1) is 0 Å². The van der Waals surface area contributed by atoms with Crippen molar-refractivity contribution in [2.75, 3.05) is 18.0 Å². The van der Waals surface area contributed by atoms with Gasteiger partial charge in [0, 0.05) is 30.8 Å². The summed E-state index contributed by atoms with van der Waals surface area (Å²) in [6.45, 7) is 0.754. The van der Waals surface area contributed by atoms with E-state index in [-0.39, 0.29) is 24.8 Å². The summed E-state index contributed by atoms with van der Waals surface area (Å²) in [4.78, 5) is 35.6. The van der Waals surface area contributed by atoms with Crippen molar-refractivity contribution < 1.29 is 19.5 Å². The summed E-state index contributed by atoms with van der Waals surface area (Å²) >= 11 is 0. The van der Waals surface area contributed by atoms with E-state index in [0.717, 1.165) is 6.42 Å². The molecule has 1 aliphatic rings. The quantitative estimate of drug-likeness (QED) is 0.840. The zero-order valence-electron chi connectivity index (χ0n) is 11.0. The van der Waals surface area contributed by atoms with Crippen LogP contribution >= 0.6 is 0 Å². The van der Waals surface area contributed by atoms with Gasteiger partial charge in [0.05, 0.1) is 6.42 Å². The van der Waals surface area contributed by atoms with Crippen molar-refractivity contribution in [3.63, 3.8) is 0 Å². The first-order valence-corrected chi connectivity index (χ1v) is 6.48. The second-order valence-electron chi connectivity index (χ2n) is 4.60. The Morgan fingerprint density at radius 2 is 2.15 bits per heavy atom. The lowest BCUT2D eigenvalue weighted by Crippen LogP contribution is -2.27. The van der Waals surface area contributed by atoms with E-state index in [2.05, 4.69) is 5.32 Å². The number of carboxylic acids is 1. The SMILES string of the molecule is O=C(O)CCNC(=O)c1cccc(N2CCCC2=O)c1. The molecule has 0 saturated carbocycles. The second kappa shape index (κ2) is 6.18. The fourth-order valence-electron chi connectivity index (χ4n) is 2.12. The van der Waals surface area contributed by atoms with E-state index >= 15 is 0 Å². The summed E-state index contributed by atoms with van der Waals surface area (Å²) in [7, 11) is 0. The van der Waals surface area contributed by atoms with Gasteiger partial charge in [-0.3, -0.25) is 14.4 Å². The summed E-state index contributed by atoms with van der Waals surface area (Å²) in [5, 5.41) is 11.1. The number of carbonyl (C=O) groups excluding carboxylic acids is 2. The Morgan fingerprint density at radius 3 is 2.80 bits per heavy atom. The molecule has 0 radical (unpaired) electrons. The molecule has 2 N–H and O–H groups in total. The molecule has 0 bridgehead atoms. The van der Waals surface area contributed by atoms with Crippen molar-refractivity contribution in [3.05, 3.63) is 29.8 Å². The van der Waals surface area contributed by atoms with Gasteiger partial charge < -0.3 is 15.3 Å². The van der Waals surface area contributed by atoms with Gasteiger partial charge in [0.15, 0.2) is 0 Å². The highest BCUT2D eigenvalue weighted by molar-refractivity contribution is 5.99. The maximum atomic E-state index is 11.9. The number of aliphatic carboxylic acids is 1. The molecule has 0 aliphatic carbocycles. The van der Waals surface area contributed by atoms with E-state index in [9.17, 15) is 14.4 Å². The average molecular weight is 276 g/mol. The number of hydrogen-bond acceptors (Lipinski definition) is 3. The number of carbonyl (C=O) groups is 3. The molecule has 0 unspecified atom stereocenters. The van der Waals surface area contributed by atoms with Crippen LogP contribution in [0.3, 0.4) is 0 Å². The highest BCUT2D eigenvalue weighted by atomic mass is 16.4. The first-order valence-electron chi connectivity index (χ1n) is 6.48. The Hall–Kier alpha value is -2.37. The average Bonchev–Trinajstić information content (AvgIpc) is 2.84. The summed E-state index contributed by atoms with van der Waals surface area (Å²) in [6.07, 6.45) is 1.25. The maximum Gasteiger partial charge on any atom is 0.305 e. The number of hydrogen-bond donors (Lipinski definition) is 2. The molecule has 6 nitrogen and oxygen atoms in total. The molecule has 1 fully saturated rings. The largest absolute Gasteiger partial charge is 0.481 e. The van der Waals surface area contributed by atoms with E-state index in [1.165, 1.54) is 0 Å². The first kappa shape index (κ1) is 14.0. The van der Waals surface area contributed by atoms with Crippen LogP contribution in [0.5, 0.6) is 0 Å².